The molecule has 0 aliphatic heterocycles. The van der Waals surface area contributed by atoms with E-state index in [1.165, 1.54) is 43.2 Å². The molecule has 0 radical (unpaired) electrons. The van der Waals surface area contributed by atoms with Crippen LogP contribution in [0.3, 0.4) is 0 Å². The molecule has 0 heterocycles. The zero-order valence-electron chi connectivity index (χ0n) is 18.8. The topological polar surface area (TPSA) is 26.3 Å². The van der Waals surface area contributed by atoms with E-state index in [1.54, 1.807) is 5.56 Å². The summed E-state index contributed by atoms with van der Waals surface area (Å²) in [7, 11) is 0. The molecule has 3 unspecified atom stereocenters. The molecule has 0 saturated heterocycles. The van der Waals surface area contributed by atoms with Gasteiger partial charge in [-0.3, -0.25) is 4.79 Å². The lowest BCUT2D eigenvalue weighted by atomic mass is 9.43. The number of hydrogen-bond acceptors (Lipinski definition) is 2. The monoisotopic (exact) mass is 382 g/mol. The third-order valence-electron chi connectivity index (χ3n) is 8.87. The minimum Gasteiger partial charge on any atom is -0.427 e. The van der Waals surface area contributed by atoms with Crippen LogP contribution in [0.2, 0.25) is 0 Å². The molecule has 3 aliphatic rings. The lowest BCUT2D eigenvalue weighted by molar-refractivity contribution is -0.134. The highest BCUT2D eigenvalue weighted by molar-refractivity contribution is 5.72. The van der Waals surface area contributed by atoms with E-state index in [4.69, 9.17) is 4.74 Å². The molecule has 1 aromatic rings. The first kappa shape index (κ1) is 20.0. The number of esters is 1. The highest BCUT2D eigenvalue weighted by Crippen LogP contribution is 2.67. The van der Waals surface area contributed by atoms with Gasteiger partial charge >= 0.3 is 5.97 Å². The fraction of sp³-hybridized carbons (Fsp3) is 0.731. The smallest absolute Gasteiger partial charge is 0.311 e. The molecular weight excluding hydrogens is 344 g/mol. The third kappa shape index (κ3) is 2.85. The van der Waals surface area contributed by atoms with Crippen LogP contribution in [0.4, 0.5) is 0 Å². The Bertz CT molecular complexity index is 792. The summed E-state index contributed by atoms with van der Waals surface area (Å²) in [4.78, 5) is 12.0. The quantitative estimate of drug-likeness (QED) is 0.426. The molecule has 2 fully saturated rings. The fourth-order valence-electron chi connectivity index (χ4n) is 7.88. The summed E-state index contributed by atoms with van der Waals surface area (Å²) in [6.45, 7) is 14.4. The molecule has 4 rings (SSSR count). The Hall–Kier alpha value is -1.31. The number of fused-ring (bicyclic) bond motifs is 5. The Morgan fingerprint density at radius 1 is 1.11 bits per heavy atom. The molecule has 0 N–H and O–H groups in total. The van der Waals surface area contributed by atoms with Crippen molar-refractivity contribution >= 4 is 5.97 Å². The van der Waals surface area contributed by atoms with Gasteiger partial charge in [0.1, 0.15) is 5.75 Å². The largest absolute Gasteiger partial charge is 0.427 e. The Labute approximate surface area is 171 Å². The van der Waals surface area contributed by atoms with Crippen molar-refractivity contribution in [3.8, 4) is 5.75 Å². The van der Waals surface area contributed by atoms with Crippen molar-refractivity contribution in [2.24, 2.45) is 22.7 Å². The van der Waals surface area contributed by atoms with Crippen molar-refractivity contribution in [2.75, 3.05) is 0 Å². The van der Waals surface area contributed by atoms with Gasteiger partial charge in [-0.2, -0.15) is 0 Å². The average Bonchev–Trinajstić information content (AvgIpc) is 2.88. The molecule has 1 aromatic carbocycles. The molecule has 2 saturated carbocycles. The van der Waals surface area contributed by atoms with Crippen molar-refractivity contribution in [3.63, 3.8) is 0 Å². The Balaban J connectivity index is 1.71. The van der Waals surface area contributed by atoms with Crippen LogP contribution >= 0.6 is 0 Å². The van der Waals surface area contributed by atoms with Gasteiger partial charge in [0, 0.05) is 6.42 Å². The van der Waals surface area contributed by atoms with Gasteiger partial charge in [-0.25, -0.2) is 0 Å². The number of hydrogen-bond donors (Lipinski definition) is 0. The first-order chi connectivity index (χ1) is 13.1. The zero-order valence-corrected chi connectivity index (χ0v) is 18.8. The molecular formula is C26H38O2. The molecule has 2 heteroatoms. The van der Waals surface area contributed by atoms with E-state index in [-0.39, 0.29) is 11.4 Å². The standard InChI is InChI=1S/C26H38O2/c1-7-9-22(27)28-19-14-17(2)23-18(15-19)16-21-25(5)12-8-11-24(3,4)20(25)10-13-26(21,23)6/h14-15,20-21H,7-13,16H2,1-6H3/t20-,21?,25?,26?/m0/s1. The fourth-order valence-corrected chi connectivity index (χ4v) is 7.88. The first-order valence-electron chi connectivity index (χ1n) is 11.5. The minimum atomic E-state index is -0.107. The van der Waals surface area contributed by atoms with Crippen LogP contribution in [0.15, 0.2) is 12.1 Å². The summed E-state index contributed by atoms with van der Waals surface area (Å²) in [5, 5.41) is 0. The molecule has 0 bridgehead atoms. The Morgan fingerprint density at radius 3 is 2.57 bits per heavy atom. The number of benzene rings is 1. The van der Waals surface area contributed by atoms with Crippen LogP contribution in [0.25, 0.3) is 0 Å². The van der Waals surface area contributed by atoms with E-state index >= 15 is 0 Å². The first-order valence-corrected chi connectivity index (χ1v) is 11.5. The molecule has 154 valence electrons. The Morgan fingerprint density at radius 2 is 1.86 bits per heavy atom. The van der Waals surface area contributed by atoms with Gasteiger partial charge in [-0.05, 0) is 102 Å². The highest BCUT2D eigenvalue weighted by atomic mass is 16.5. The maximum atomic E-state index is 12.0. The molecule has 0 spiro atoms. The van der Waals surface area contributed by atoms with E-state index < -0.39 is 0 Å². The maximum absolute atomic E-state index is 12.0. The van der Waals surface area contributed by atoms with Gasteiger partial charge < -0.3 is 4.74 Å². The van der Waals surface area contributed by atoms with Crippen molar-refractivity contribution in [3.05, 3.63) is 28.8 Å². The minimum absolute atomic E-state index is 0.107. The van der Waals surface area contributed by atoms with Crippen LogP contribution in [-0.4, -0.2) is 5.97 Å². The van der Waals surface area contributed by atoms with Gasteiger partial charge in [0.15, 0.2) is 0 Å². The van der Waals surface area contributed by atoms with E-state index in [1.807, 2.05) is 6.92 Å². The second kappa shape index (κ2) is 6.61. The van der Waals surface area contributed by atoms with Crippen molar-refractivity contribution in [1.29, 1.82) is 0 Å². The lowest BCUT2D eigenvalue weighted by Gasteiger charge is -2.61. The van der Waals surface area contributed by atoms with Crippen LogP contribution in [0.5, 0.6) is 5.75 Å². The van der Waals surface area contributed by atoms with Crippen molar-refractivity contribution in [1.82, 2.24) is 0 Å². The second-order valence-corrected chi connectivity index (χ2v) is 11.1. The molecule has 4 atom stereocenters. The number of carbonyl (C=O) groups excluding carboxylic acids is 1. The number of carbonyl (C=O) groups is 1. The number of rotatable bonds is 3. The zero-order chi connectivity index (χ0) is 20.3. The SMILES string of the molecule is CCCC(=O)Oc1cc(C)c2c(c1)CC1C2(C)CC[C@H]2C(C)(C)CCCC12C. The van der Waals surface area contributed by atoms with Gasteiger partial charge in [-0.1, -0.05) is 41.0 Å². The predicted octanol–water partition coefficient (Wildman–Crippen LogP) is 6.76. The molecule has 0 amide bonds. The number of aryl methyl sites for hydroxylation is 1. The van der Waals surface area contributed by atoms with Crippen LogP contribution < -0.4 is 4.74 Å². The normalized spacial score (nSPS) is 35.6. The van der Waals surface area contributed by atoms with Crippen molar-refractivity contribution in [2.45, 2.75) is 98.3 Å². The van der Waals surface area contributed by atoms with Crippen LogP contribution in [-0.2, 0) is 16.6 Å². The average molecular weight is 383 g/mol. The molecule has 3 aliphatic carbocycles. The third-order valence-corrected chi connectivity index (χ3v) is 8.87. The van der Waals surface area contributed by atoms with Gasteiger partial charge in [0.2, 0.25) is 0 Å². The molecule has 28 heavy (non-hydrogen) atoms. The van der Waals surface area contributed by atoms with E-state index in [0.29, 0.717) is 23.2 Å². The van der Waals surface area contributed by atoms with Crippen molar-refractivity contribution < 1.29 is 9.53 Å². The maximum Gasteiger partial charge on any atom is 0.311 e. The van der Waals surface area contributed by atoms with E-state index in [2.05, 4.69) is 46.8 Å². The summed E-state index contributed by atoms with van der Waals surface area (Å²) in [5.41, 5.74) is 5.47. The summed E-state index contributed by atoms with van der Waals surface area (Å²) < 4.78 is 5.67. The lowest BCUT2D eigenvalue weighted by Crippen LogP contribution is -2.55. The van der Waals surface area contributed by atoms with E-state index in [9.17, 15) is 4.79 Å². The van der Waals surface area contributed by atoms with Crippen LogP contribution in [0, 0.1) is 29.6 Å². The van der Waals surface area contributed by atoms with Crippen LogP contribution in [0.1, 0.15) is 96.3 Å². The summed E-state index contributed by atoms with van der Waals surface area (Å²) in [5.74, 6) is 2.17. The second-order valence-electron chi connectivity index (χ2n) is 11.1. The number of ether oxygens (including phenoxy) is 1. The van der Waals surface area contributed by atoms with Gasteiger partial charge in [0.05, 0.1) is 0 Å². The summed E-state index contributed by atoms with van der Waals surface area (Å²) in [6, 6.07) is 4.30. The molecule has 0 aromatic heterocycles. The van der Waals surface area contributed by atoms with Gasteiger partial charge in [0.25, 0.3) is 0 Å². The summed E-state index contributed by atoms with van der Waals surface area (Å²) >= 11 is 0. The predicted molar refractivity (Wildman–Crippen MR) is 115 cm³/mol. The summed E-state index contributed by atoms with van der Waals surface area (Å²) in [6.07, 6.45) is 9.22. The Kier molecular flexibility index (Phi) is 4.71. The highest BCUT2D eigenvalue weighted by Gasteiger charge is 2.61. The van der Waals surface area contributed by atoms with E-state index in [0.717, 1.165) is 24.5 Å². The van der Waals surface area contributed by atoms with Gasteiger partial charge in [-0.15, -0.1) is 0 Å². The molecule has 2 nitrogen and oxygen atoms in total.